The van der Waals surface area contributed by atoms with Crippen molar-refractivity contribution in [3.63, 3.8) is 0 Å². The summed E-state index contributed by atoms with van der Waals surface area (Å²) in [6, 6.07) is 16.8. The first-order chi connectivity index (χ1) is 15.0. The molecule has 0 N–H and O–H groups in total. The molecule has 1 aliphatic heterocycles. The molecule has 0 amide bonds. The van der Waals surface area contributed by atoms with E-state index in [0.717, 1.165) is 29.8 Å². The fourth-order valence-corrected chi connectivity index (χ4v) is 4.03. The van der Waals surface area contributed by atoms with Crippen LogP contribution in [0.5, 0.6) is 5.75 Å². The van der Waals surface area contributed by atoms with Crippen molar-refractivity contribution in [2.24, 2.45) is 0 Å². The lowest BCUT2D eigenvalue weighted by Gasteiger charge is -2.15. The van der Waals surface area contributed by atoms with Gasteiger partial charge in [0.05, 0.1) is 7.11 Å². The van der Waals surface area contributed by atoms with Gasteiger partial charge in [-0.15, -0.1) is 0 Å². The Hall–Kier alpha value is -3.66. The number of fused-ring (bicyclic) bond motifs is 1. The van der Waals surface area contributed by atoms with Gasteiger partial charge in [0.15, 0.2) is 12.7 Å². The third-order valence-electron chi connectivity index (χ3n) is 5.60. The van der Waals surface area contributed by atoms with Gasteiger partial charge >= 0.3 is 0 Å². The molecule has 0 atom stereocenters. The second kappa shape index (κ2) is 8.60. The predicted molar refractivity (Wildman–Crippen MR) is 126 cm³/mol. The van der Waals surface area contributed by atoms with Gasteiger partial charge in [-0.1, -0.05) is 26.5 Å². The van der Waals surface area contributed by atoms with E-state index in [1.807, 2.05) is 18.2 Å². The Bertz CT molecular complexity index is 1280. The van der Waals surface area contributed by atoms with Crippen LogP contribution in [-0.2, 0) is 11.3 Å². The smallest absolute Gasteiger partial charge is 0.219 e. The van der Waals surface area contributed by atoms with Crippen LogP contribution >= 0.6 is 0 Å². The first kappa shape index (κ1) is 20.6. The zero-order valence-corrected chi connectivity index (χ0v) is 18.2. The molecule has 0 bridgehead atoms. The third-order valence-corrected chi connectivity index (χ3v) is 5.60. The topological polar surface area (TPSA) is 34.2 Å². The van der Waals surface area contributed by atoms with E-state index in [1.54, 1.807) is 13.2 Å². The molecular weight excluding hydrogens is 384 g/mol. The largest absolute Gasteiger partial charge is 0.497 e. The lowest BCUT2D eigenvalue weighted by atomic mass is 10.0. The number of benzene rings is 2. The molecule has 1 aromatic heterocycles. The average Bonchev–Trinajstić information content (AvgIpc) is 3.19. The van der Waals surface area contributed by atoms with Crippen molar-refractivity contribution in [2.75, 3.05) is 7.11 Å². The van der Waals surface area contributed by atoms with Crippen molar-refractivity contribution in [3.8, 4) is 11.4 Å². The first-order valence-corrected chi connectivity index (χ1v) is 10.4. The van der Waals surface area contributed by atoms with E-state index in [2.05, 4.69) is 78.4 Å². The molecule has 31 heavy (non-hydrogen) atoms. The van der Waals surface area contributed by atoms with Gasteiger partial charge < -0.3 is 9.30 Å². The van der Waals surface area contributed by atoms with Gasteiger partial charge in [-0.2, -0.15) is 4.58 Å². The molecular formula is C27H27N2O2+. The Morgan fingerprint density at radius 1 is 1.16 bits per heavy atom. The van der Waals surface area contributed by atoms with E-state index in [9.17, 15) is 4.79 Å². The molecule has 156 valence electrons. The number of ether oxygens (including phenoxy) is 1. The van der Waals surface area contributed by atoms with Crippen molar-refractivity contribution in [2.45, 2.75) is 26.3 Å². The van der Waals surface area contributed by atoms with Crippen LogP contribution < -0.4 is 19.9 Å². The lowest BCUT2D eigenvalue weighted by Crippen LogP contribution is -2.46. The van der Waals surface area contributed by atoms with Crippen LogP contribution in [0.25, 0.3) is 18.0 Å². The zero-order valence-electron chi connectivity index (χ0n) is 18.2. The average molecular weight is 412 g/mol. The van der Waals surface area contributed by atoms with E-state index in [0.29, 0.717) is 11.5 Å². The van der Waals surface area contributed by atoms with Crippen LogP contribution in [0.4, 0.5) is 0 Å². The summed E-state index contributed by atoms with van der Waals surface area (Å²) in [6.07, 6.45) is 8.58. The SMILES string of the molecule is C=C/C(C=O)=C\c1ccn(-c2ccc3c(c2)=C[N+]=3Cc2ccc(OC)cc2)c1C(C)C. The molecule has 2 aromatic carbocycles. The zero-order chi connectivity index (χ0) is 22.0. The van der Waals surface area contributed by atoms with Crippen LogP contribution in [0, 0.1) is 0 Å². The third kappa shape index (κ3) is 4.02. The molecule has 4 nitrogen and oxygen atoms in total. The number of rotatable bonds is 8. The van der Waals surface area contributed by atoms with Crippen molar-refractivity contribution in [1.82, 2.24) is 9.14 Å². The maximum absolute atomic E-state index is 11.2. The van der Waals surface area contributed by atoms with Crippen molar-refractivity contribution >= 4 is 18.6 Å². The second-order valence-electron chi connectivity index (χ2n) is 8.00. The second-order valence-corrected chi connectivity index (χ2v) is 8.00. The summed E-state index contributed by atoms with van der Waals surface area (Å²) in [5, 5.41) is 2.46. The minimum atomic E-state index is 0.306. The van der Waals surface area contributed by atoms with E-state index in [-0.39, 0.29) is 0 Å². The fraction of sp³-hybridized carbons (Fsp3) is 0.185. The van der Waals surface area contributed by atoms with E-state index in [4.69, 9.17) is 4.74 Å². The summed E-state index contributed by atoms with van der Waals surface area (Å²) >= 11 is 0. The normalized spacial score (nSPS) is 12.8. The van der Waals surface area contributed by atoms with Crippen LogP contribution in [0.1, 0.15) is 36.6 Å². The minimum Gasteiger partial charge on any atom is -0.497 e. The summed E-state index contributed by atoms with van der Waals surface area (Å²) in [7, 11) is 1.68. The summed E-state index contributed by atoms with van der Waals surface area (Å²) in [6.45, 7) is 8.89. The van der Waals surface area contributed by atoms with Crippen LogP contribution in [0.15, 0.2) is 73.0 Å². The molecule has 0 saturated heterocycles. The molecule has 4 heteroatoms. The summed E-state index contributed by atoms with van der Waals surface area (Å²) < 4.78 is 9.71. The monoisotopic (exact) mass is 411 g/mol. The Labute approximate surface area is 182 Å². The number of hydrogen-bond donors (Lipinski definition) is 0. The van der Waals surface area contributed by atoms with Crippen molar-refractivity contribution < 1.29 is 9.53 Å². The highest BCUT2D eigenvalue weighted by molar-refractivity contribution is 5.85. The van der Waals surface area contributed by atoms with Crippen LogP contribution in [-0.4, -0.2) is 18.0 Å². The molecule has 0 unspecified atom stereocenters. The maximum atomic E-state index is 11.2. The molecule has 0 spiro atoms. The number of nitrogens with zero attached hydrogens (tertiary/aromatic N) is 2. The minimum absolute atomic E-state index is 0.306. The van der Waals surface area contributed by atoms with Gasteiger partial charge in [0, 0.05) is 34.8 Å². The summed E-state index contributed by atoms with van der Waals surface area (Å²) in [5.74, 6) is 1.18. The molecule has 0 saturated carbocycles. The Morgan fingerprint density at radius 2 is 1.94 bits per heavy atom. The Balaban J connectivity index is 1.66. The quantitative estimate of drug-likeness (QED) is 0.244. The Kier molecular flexibility index (Phi) is 5.72. The number of aldehydes is 1. The van der Waals surface area contributed by atoms with Gasteiger partial charge in [-0.3, -0.25) is 4.79 Å². The number of allylic oxidation sites excluding steroid dienone is 2. The van der Waals surface area contributed by atoms with Crippen molar-refractivity contribution in [3.05, 3.63) is 100 Å². The number of aromatic nitrogens is 1. The summed E-state index contributed by atoms with van der Waals surface area (Å²) in [4.78, 5) is 11.2. The maximum Gasteiger partial charge on any atom is 0.219 e. The van der Waals surface area contributed by atoms with Gasteiger partial charge in [0.25, 0.3) is 0 Å². The highest BCUT2D eigenvalue weighted by Gasteiger charge is 2.18. The number of hydrogen-bond acceptors (Lipinski definition) is 2. The molecule has 3 aromatic rings. The van der Waals surface area contributed by atoms with Crippen LogP contribution in [0.3, 0.4) is 0 Å². The molecule has 0 aliphatic carbocycles. The number of carbonyl (C=O) groups is 1. The molecule has 1 aliphatic rings. The van der Waals surface area contributed by atoms with Crippen molar-refractivity contribution in [1.29, 1.82) is 0 Å². The number of methoxy groups -OCH3 is 1. The number of carbonyl (C=O) groups excluding carboxylic acids is 1. The molecule has 4 rings (SSSR count). The molecule has 0 radical (unpaired) electrons. The first-order valence-electron chi connectivity index (χ1n) is 10.4. The van der Waals surface area contributed by atoms with Gasteiger partial charge in [0.2, 0.25) is 5.36 Å². The Morgan fingerprint density at radius 3 is 2.55 bits per heavy atom. The van der Waals surface area contributed by atoms with E-state index < -0.39 is 0 Å². The lowest BCUT2D eigenvalue weighted by molar-refractivity contribution is -0.104. The van der Waals surface area contributed by atoms with Crippen LogP contribution in [0.2, 0.25) is 0 Å². The highest BCUT2D eigenvalue weighted by atomic mass is 16.5. The standard InChI is InChI=1S/C27H27N2O2/c1-5-20(18-30)14-22-12-13-29(27(22)19(2)3)24-8-11-26-23(15-24)17-28(26)16-21-6-9-25(31-4)10-7-21/h5-15,17-19H,1,16H2,2-4H3/q+1/b20-14+. The highest BCUT2D eigenvalue weighted by Crippen LogP contribution is 2.26. The van der Waals surface area contributed by atoms with Gasteiger partial charge in [-0.25, -0.2) is 0 Å². The van der Waals surface area contributed by atoms with Gasteiger partial charge in [-0.05, 0) is 60.0 Å². The molecule has 0 fully saturated rings. The van der Waals surface area contributed by atoms with E-state index >= 15 is 0 Å². The van der Waals surface area contributed by atoms with E-state index in [1.165, 1.54) is 21.8 Å². The fourth-order valence-electron chi connectivity index (χ4n) is 4.03. The predicted octanol–water partition coefficient (Wildman–Crippen LogP) is 3.82. The van der Waals surface area contributed by atoms with Gasteiger partial charge in [0.1, 0.15) is 17.3 Å². The molecule has 2 heterocycles. The summed E-state index contributed by atoms with van der Waals surface area (Å²) in [5.41, 5.74) is 5.16.